The van der Waals surface area contributed by atoms with Crippen LogP contribution in [0.4, 0.5) is 0 Å². The van der Waals surface area contributed by atoms with Crippen molar-refractivity contribution in [3.8, 4) is 0 Å². The average Bonchev–Trinajstić information content (AvgIpc) is 2.88. The van der Waals surface area contributed by atoms with Crippen LogP contribution in [0.25, 0.3) is 0 Å². The molecule has 0 amide bonds. The summed E-state index contributed by atoms with van der Waals surface area (Å²) in [7, 11) is 0. The van der Waals surface area contributed by atoms with Crippen LogP contribution in [0.1, 0.15) is 6.42 Å². The lowest BCUT2D eigenvalue weighted by Gasteiger charge is -2.54. The highest BCUT2D eigenvalue weighted by Crippen LogP contribution is 2.44. The molecule has 4 heterocycles. The predicted octanol–water partition coefficient (Wildman–Crippen LogP) is -5.79. The van der Waals surface area contributed by atoms with Crippen LogP contribution in [-0.4, -0.2) is 169 Å². The van der Waals surface area contributed by atoms with Gasteiger partial charge in [-0.3, -0.25) is 4.90 Å². The third kappa shape index (κ3) is 5.67. The van der Waals surface area contributed by atoms with Gasteiger partial charge in [-0.25, -0.2) is 0 Å². The molecule has 4 rings (SSSR count). The van der Waals surface area contributed by atoms with Gasteiger partial charge in [0.05, 0.1) is 37.9 Å². The smallest absolute Gasteiger partial charge is 0.212 e. The number of likely N-dealkylation sites (tertiary alicyclic amines) is 1. The van der Waals surface area contributed by atoms with E-state index in [0.717, 1.165) is 6.42 Å². The second-order valence-corrected chi connectivity index (χ2v) is 11.4. The Balaban J connectivity index is 1.57. The summed E-state index contributed by atoms with van der Waals surface area (Å²) >= 11 is 12.0. The molecular weight excluding hydrogens is 573 g/mol. The zero-order valence-electron chi connectivity index (χ0n) is 20.7. The molecule has 0 bridgehead atoms. The van der Waals surface area contributed by atoms with Crippen molar-refractivity contribution in [1.82, 2.24) is 4.90 Å². The van der Waals surface area contributed by atoms with Gasteiger partial charge in [0.15, 0.2) is 18.9 Å². The minimum absolute atomic E-state index is 0.527. The number of aliphatic hydroxyl groups excluding tert-OH is 7. The quantitative estimate of drug-likeness (QED) is 0.115. The van der Waals surface area contributed by atoms with Gasteiger partial charge < -0.3 is 76.0 Å². The first-order chi connectivity index (χ1) is 18.3. The van der Waals surface area contributed by atoms with Gasteiger partial charge in [-0.2, -0.15) is 0 Å². The Hall–Kier alpha value is -0.0600. The van der Waals surface area contributed by atoms with Crippen molar-refractivity contribution in [2.75, 3.05) is 32.9 Å². The van der Waals surface area contributed by atoms with Crippen molar-refractivity contribution in [3.05, 3.63) is 0 Å². The molecule has 39 heavy (non-hydrogen) atoms. The lowest BCUT2D eigenvalue weighted by molar-refractivity contribution is -0.365. The van der Waals surface area contributed by atoms with Crippen molar-refractivity contribution in [2.24, 2.45) is 11.5 Å². The van der Waals surface area contributed by atoms with E-state index >= 15 is 0 Å². The molecule has 0 aliphatic carbocycles. The van der Waals surface area contributed by atoms with E-state index in [-0.39, 0.29) is 0 Å². The minimum Gasteiger partial charge on any atom is -0.394 e. The summed E-state index contributed by atoms with van der Waals surface area (Å²) in [6.07, 6.45) is -13.7. The van der Waals surface area contributed by atoms with E-state index in [2.05, 4.69) is 0 Å². The SMILES string of the molecule is N[C@H]1[C@@H](OC2[C@@H](CO)O[C@@H](OC3[C@@H](CO)O[C@@H](O)[C@H](N)[C@H]3O)[C@H](N3CCC3)[C@H]2O)O[C@@](Cl)(CO)[C@@](O)(Cl)[C@@H]1O. The highest BCUT2D eigenvalue weighted by atomic mass is 35.5. The topological polar surface area (TPSA) is 263 Å². The van der Waals surface area contributed by atoms with Crippen molar-refractivity contribution >= 4 is 23.2 Å². The molecule has 16 nitrogen and oxygen atoms in total. The molecule has 0 spiro atoms. The van der Waals surface area contributed by atoms with Gasteiger partial charge in [0, 0.05) is 0 Å². The van der Waals surface area contributed by atoms with Crippen LogP contribution in [0.5, 0.6) is 0 Å². The highest BCUT2D eigenvalue weighted by Gasteiger charge is 2.63. The van der Waals surface area contributed by atoms with Crippen LogP contribution in [0, 0.1) is 0 Å². The van der Waals surface area contributed by atoms with E-state index in [1.54, 1.807) is 4.90 Å². The van der Waals surface area contributed by atoms with Gasteiger partial charge in [-0.15, -0.1) is 0 Å². The highest BCUT2D eigenvalue weighted by molar-refractivity contribution is 6.33. The Morgan fingerprint density at radius 1 is 0.846 bits per heavy atom. The molecule has 0 saturated carbocycles. The summed E-state index contributed by atoms with van der Waals surface area (Å²) in [6, 6.07) is -3.73. The molecule has 4 aliphatic rings. The third-order valence-corrected chi connectivity index (χ3v) is 8.86. The van der Waals surface area contributed by atoms with E-state index in [9.17, 15) is 40.9 Å². The largest absolute Gasteiger partial charge is 0.394 e. The van der Waals surface area contributed by atoms with E-state index in [4.69, 9.17) is 58.4 Å². The Bertz CT molecular complexity index is 832. The van der Waals surface area contributed by atoms with Crippen LogP contribution in [0.3, 0.4) is 0 Å². The summed E-state index contributed by atoms with van der Waals surface area (Å²) in [5, 5.41) is 77.3. The van der Waals surface area contributed by atoms with Crippen molar-refractivity contribution < 1.29 is 64.5 Å². The van der Waals surface area contributed by atoms with E-state index in [0.29, 0.717) is 13.1 Å². The van der Waals surface area contributed by atoms with E-state index in [1.807, 2.05) is 0 Å². The maximum absolute atomic E-state index is 11.5. The fraction of sp³-hybridized carbons (Fsp3) is 1.00. The first-order valence-electron chi connectivity index (χ1n) is 12.5. The Kier molecular flexibility index (Phi) is 10.0. The molecule has 4 saturated heterocycles. The lowest BCUT2D eigenvalue weighted by Crippen LogP contribution is -2.74. The number of nitrogens with two attached hydrogens (primary N) is 2. The Morgan fingerprint density at radius 2 is 1.41 bits per heavy atom. The van der Waals surface area contributed by atoms with Gasteiger partial charge in [-0.05, 0) is 19.5 Å². The Morgan fingerprint density at radius 3 is 1.95 bits per heavy atom. The lowest BCUT2D eigenvalue weighted by atomic mass is 9.92. The summed E-state index contributed by atoms with van der Waals surface area (Å²) in [6.45, 7) is -1.34. The zero-order chi connectivity index (χ0) is 28.9. The Labute approximate surface area is 233 Å². The number of hydrogen-bond acceptors (Lipinski definition) is 16. The third-order valence-electron chi connectivity index (χ3n) is 7.74. The number of nitrogens with zero attached hydrogens (tertiary/aromatic N) is 1. The molecular formula is C21H37Cl2N3O13. The number of rotatable bonds is 8. The molecule has 0 aromatic carbocycles. The summed E-state index contributed by atoms with van der Waals surface area (Å²) in [4.78, 5) is 1.80. The zero-order valence-corrected chi connectivity index (χ0v) is 22.2. The number of halogens is 2. The second kappa shape index (κ2) is 12.3. The molecule has 12 N–H and O–H groups in total. The molecule has 0 aromatic heterocycles. The molecule has 4 aliphatic heterocycles. The van der Waals surface area contributed by atoms with Gasteiger partial charge in [-0.1, -0.05) is 23.2 Å². The van der Waals surface area contributed by atoms with Crippen LogP contribution in [0.15, 0.2) is 0 Å². The molecule has 15 atom stereocenters. The molecule has 228 valence electrons. The van der Waals surface area contributed by atoms with Gasteiger partial charge in [0.1, 0.15) is 42.7 Å². The van der Waals surface area contributed by atoms with Crippen molar-refractivity contribution in [1.29, 1.82) is 0 Å². The van der Waals surface area contributed by atoms with E-state index in [1.165, 1.54) is 0 Å². The van der Waals surface area contributed by atoms with Crippen LogP contribution >= 0.6 is 23.2 Å². The molecule has 0 aromatic rings. The fourth-order valence-electron chi connectivity index (χ4n) is 5.18. The molecule has 18 heteroatoms. The van der Waals surface area contributed by atoms with Crippen LogP contribution in [0.2, 0.25) is 0 Å². The normalized spacial score (nSPS) is 53.4. The van der Waals surface area contributed by atoms with Gasteiger partial charge in [0.25, 0.3) is 0 Å². The second-order valence-electron chi connectivity index (χ2n) is 10.2. The maximum atomic E-state index is 11.5. The van der Waals surface area contributed by atoms with Crippen molar-refractivity contribution in [3.63, 3.8) is 0 Å². The maximum Gasteiger partial charge on any atom is 0.212 e. The standard InChI is InChI=1S/C21H37Cl2N3O13/c22-20(6-29)21(23,34)16(32)10(25)18(39-20)37-15-8(5-28)36-19(11(13(15)31)26-2-1-3-26)38-14-7(4-27)35-17(33)9(24)12(14)30/h7-19,27-34H,1-6,24-25H2/t7-,8-,9-,10-,11-,12-,13-,14?,15?,16-,17-,18+,19+,20+,21-/m1/s1. The molecule has 0 radical (unpaired) electrons. The summed E-state index contributed by atoms with van der Waals surface area (Å²) < 4.78 is 28.5. The molecule has 2 unspecified atom stereocenters. The first-order valence-corrected chi connectivity index (χ1v) is 13.3. The number of aliphatic hydroxyl groups is 8. The number of hydrogen-bond donors (Lipinski definition) is 10. The van der Waals surface area contributed by atoms with Gasteiger partial charge in [0.2, 0.25) is 10.1 Å². The summed E-state index contributed by atoms with van der Waals surface area (Å²) in [5.41, 5.74) is 11.8. The van der Waals surface area contributed by atoms with Crippen LogP contribution < -0.4 is 11.5 Å². The fourth-order valence-corrected chi connectivity index (χ4v) is 5.63. The predicted molar refractivity (Wildman–Crippen MR) is 129 cm³/mol. The monoisotopic (exact) mass is 609 g/mol. The minimum atomic E-state index is -2.69. The first kappa shape index (κ1) is 31.9. The van der Waals surface area contributed by atoms with Gasteiger partial charge >= 0.3 is 0 Å². The molecule has 4 fully saturated rings. The van der Waals surface area contributed by atoms with Crippen LogP contribution in [-0.2, 0) is 23.7 Å². The number of ether oxygens (including phenoxy) is 5. The average molecular weight is 610 g/mol. The van der Waals surface area contributed by atoms with E-state index < -0.39 is 110 Å². The number of alkyl halides is 2. The van der Waals surface area contributed by atoms with Crippen molar-refractivity contribution in [2.45, 2.75) is 96.3 Å². The summed E-state index contributed by atoms with van der Waals surface area (Å²) in [5.74, 6) is 0.